The molecule has 1 aliphatic carbocycles. The molecule has 0 aromatic heterocycles. The Hall–Kier alpha value is -1.03. The van der Waals surface area contributed by atoms with Crippen LogP contribution in [0.25, 0.3) is 0 Å². The molecule has 1 amide bonds. The Bertz CT molecular complexity index is 461. The van der Waals surface area contributed by atoms with E-state index in [1.807, 2.05) is 19.1 Å². The lowest BCUT2D eigenvalue weighted by molar-refractivity contribution is -0.121. The van der Waals surface area contributed by atoms with Gasteiger partial charge in [-0.25, -0.2) is 0 Å². The summed E-state index contributed by atoms with van der Waals surface area (Å²) in [6.07, 6.45) is 2.67. The van der Waals surface area contributed by atoms with Crippen LogP contribution >= 0.6 is 15.9 Å². The van der Waals surface area contributed by atoms with Gasteiger partial charge in [0.1, 0.15) is 5.75 Å². The molecule has 1 aliphatic rings. The first-order valence-corrected chi connectivity index (χ1v) is 7.55. The van der Waals surface area contributed by atoms with Gasteiger partial charge in [0.15, 0.2) is 0 Å². The molecule has 0 radical (unpaired) electrons. The fourth-order valence-electron chi connectivity index (χ4n) is 2.35. The maximum absolute atomic E-state index is 11.4. The summed E-state index contributed by atoms with van der Waals surface area (Å²) in [6, 6.07) is 6.07. The maximum atomic E-state index is 11.4. The number of methoxy groups -OCH3 is 1. The lowest BCUT2D eigenvalue weighted by Crippen LogP contribution is -2.25. The van der Waals surface area contributed by atoms with E-state index < -0.39 is 0 Å². The fourth-order valence-corrected chi connectivity index (χ4v) is 2.89. The van der Waals surface area contributed by atoms with Gasteiger partial charge in [-0.3, -0.25) is 4.79 Å². The number of rotatable bonds is 6. The van der Waals surface area contributed by atoms with E-state index in [1.165, 1.54) is 5.56 Å². The summed E-state index contributed by atoms with van der Waals surface area (Å²) >= 11 is 3.59. The van der Waals surface area contributed by atoms with Crippen molar-refractivity contribution in [2.45, 2.75) is 32.1 Å². The normalized spacial score (nSPS) is 21.0. The minimum atomic E-state index is 0.165. The molecule has 104 valence electrons. The zero-order valence-corrected chi connectivity index (χ0v) is 13.0. The van der Waals surface area contributed by atoms with Crippen LogP contribution < -0.4 is 10.1 Å². The highest BCUT2D eigenvalue weighted by Gasteiger charge is 2.39. The molecule has 2 atom stereocenters. The molecule has 0 aliphatic heterocycles. The van der Waals surface area contributed by atoms with Crippen LogP contribution in [-0.2, 0) is 4.79 Å². The van der Waals surface area contributed by atoms with E-state index in [9.17, 15) is 4.79 Å². The van der Waals surface area contributed by atoms with Gasteiger partial charge in [-0.1, -0.05) is 22.9 Å². The Morgan fingerprint density at radius 3 is 3.00 bits per heavy atom. The van der Waals surface area contributed by atoms with Gasteiger partial charge >= 0.3 is 0 Å². The molecule has 1 fully saturated rings. The van der Waals surface area contributed by atoms with Crippen molar-refractivity contribution in [3.8, 4) is 5.75 Å². The molecule has 1 N–H and O–H groups in total. The minimum absolute atomic E-state index is 0.165. The third-order valence-corrected chi connectivity index (χ3v) is 4.29. The van der Waals surface area contributed by atoms with Crippen molar-refractivity contribution in [2.24, 2.45) is 5.92 Å². The van der Waals surface area contributed by atoms with Gasteiger partial charge < -0.3 is 10.1 Å². The number of halogens is 1. The molecule has 19 heavy (non-hydrogen) atoms. The molecule has 1 aromatic carbocycles. The molecule has 2 rings (SSSR count). The van der Waals surface area contributed by atoms with Crippen LogP contribution in [0.5, 0.6) is 5.75 Å². The van der Waals surface area contributed by atoms with E-state index >= 15 is 0 Å². The average Bonchev–Trinajstić information content (AvgIpc) is 3.17. The van der Waals surface area contributed by atoms with Crippen LogP contribution in [0, 0.1) is 5.92 Å². The number of amides is 1. The Labute approximate surface area is 122 Å². The van der Waals surface area contributed by atoms with Crippen molar-refractivity contribution >= 4 is 21.8 Å². The van der Waals surface area contributed by atoms with Crippen LogP contribution in [0.15, 0.2) is 22.7 Å². The summed E-state index contributed by atoms with van der Waals surface area (Å²) in [7, 11) is 1.68. The number of nitrogens with one attached hydrogen (secondary N) is 1. The summed E-state index contributed by atoms with van der Waals surface area (Å²) < 4.78 is 6.39. The second-order valence-corrected chi connectivity index (χ2v) is 5.90. The van der Waals surface area contributed by atoms with Crippen LogP contribution in [0.3, 0.4) is 0 Å². The van der Waals surface area contributed by atoms with E-state index in [-0.39, 0.29) is 5.91 Å². The summed E-state index contributed by atoms with van der Waals surface area (Å²) in [5.41, 5.74) is 1.29. The Morgan fingerprint density at radius 1 is 1.53 bits per heavy atom. The summed E-state index contributed by atoms with van der Waals surface area (Å²) in [6.45, 7) is 2.81. The average molecular weight is 326 g/mol. The van der Waals surface area contributed by atoms with Crippen molar-refractivity contribution in [2.75, 3.05) is 13.7 Å². The smallest absolute Gasteiger partial charge is 0.219 e. The molecule has 0 saturated heterocycles. The lowest BCUT2D eigenvalue weighted by atomic mass is 10.1. The summed E-state index contributed by atoms with van der Waals surface area (Å²) in [4.78, 5) is 11.4. The lowest BCUT2D eigenvalue weighted by Gasteiger charge is -2.08. The molecule has 1 saturated carbocycles. The third-order valence-electron chi connectivity index (χ3n) is 3.56. The Balaban J connectivity index is 1.90. The van der Waals surface area contributed by atoms with Gasteiger partial charge in [-0.2, -0.15) is 0 Å². The van der Waals surface area contributed by atoms with Crippen molar-refractivity contribution in [3.05, 3.63) is 28.2 Å². The molecule has 0 spiro atoms. The summed E-state index contributed by atoms with van der Waals surface area (Å²) in [5.74, 6) is 2.15. The van der Waals surface area contributed by atoms with Gasteiger partial charge in [-0.15, -0.1) is 0 Å². The van der Waals surface area contributed by atoms with Crippen LogP contribution in [0.1, 0.15) is 37.7 Å². The molecular weight excluding hydrogens is 306 g/mol. The predicted molar refractivity (Wildman–Crippen MR) is 79.5 cm³/mol. The van der Waals surface area contributed by atoms with E-state index in [4.69, 9.17) is 4.74 Å². The zero-order valence-electron chi connectivity index (χ0n) is 11.4. The van der Waals surface area contributed by atoms with Crippen molar-refractivity contribution in [1.29, 1.82) is 0 Å². The van der Waals surface area contributed by atoms with Gasteiger partial charge in [0.05, 0.1) is 7.11 Å². The Kier molecular flexibility index (Phi) is 4.86. The van der Waals surface area contributed by atoms with Crippen LogP contribution in [0.2, 0.25) is 0 Å². The Morgan fingerprint density at radius 2 is 2.32 bits per heavy atom. The molecule has 1 aromatic rings. The number of ether oxygens (including phenoxy) is 1. The summed E-state index contributed by atoms with van der Waals surface area (Å²) in [5, 5.41) is 3.01. The van der Waals surface area contributed by atoms with Gasteiger partial charge in [-0.05, 0) is 48.4 Å². The second kappa shape index (κ2) is 6.42. The van der Waals surface area contributed by atoms with Gasteiger partial charge in [0, 0.05) is 17.4 Å². The van der Waals surface area contributed by atoms with Crippen molar-refractivity contribution in [3.63, 3.8) is 0 Å². The van der Waals surface area contributed by atoms with E-state index in [0.29, 0.717) is 18.3 Å². The quantitative estimate of drug-likeness (QED) is 0.869. The fraction of sp³-hybridized carbons (Fsp3) is 0.533. The third kappa shape index (κ3) is 3.72. The van der Waals surface area contributed by atoms with E-state index in [1.54, 1.807) is 7.11 Å². The molecular formula is C15H20BrNO2. The number of carbonyl (C=O) groups excluding carboxylic acids is 1. The SMILES string of the molecule is CCCC(=O)NC[C@@H]1C[C@H]1c1cc(OC)ccc1Br. The second-order valence-electron chi connectivity index (χ2n) is 5.04. The van der Waals surface area contributed by atoms with Crippen LogP contribution in [-0.4, -0.2) is 19.6 Å². The van der Waals surface area contributed by atoms with Gasteiger partial charge in [0.2, 0.25) is 5.91 Å². The molecule has 3 nitrogen and oxygen atoms in total. The van der Waals surface area contributed by atoms with E-state index in [2.05, 4.69) is 27.3 Å². The van der Waals surface area contributed by atoms with Crippen molar-refractivity contribution in [1.82, 2.24) is 5.32 Å². The standard InChI is InChI=1S/C15H20BrNO2/c1-3-4-15(18)17-9-10-7-12(10)13-8-11(19-2)5-6-14(13)16/h5-6,8,10,12H,3-4,7,9H2,1-2H3,(H,17,18)/t10-,12+/m0/s1. The number of hydrogen-bond acceptors (Lipinski definition) is 2. The molecule has 0 unspecified atom stereocenters. The molecule has 0 bridgehead atoms. The van der Waals surface area contributed by atoms with Crippen LogP contribution in [0.4, 0.5) is 0 Å². The first-order valence-electron chi connectivity index (χ1n) is 6.75. The van der Waals surface area contributed by atoms with E-state index in [0.717, 1.165) is 29.6 Å². The van der Waals surface area contributed by atoms with Crippen molar-refractivity contribution < 1.29 is 9.53 Å². The monoisotopic (exact) mass is 325 g/mol. The first-order chi connectivity index (χ1) is 9.15. The minimum Gasteiger partial charge on any atom is -0.497 e. The predicted octanol–water partition coefficient (Wildman–Crippen LogP) is 3.48. The first kappa shape index (κ1) is 14.4. The van der Waals surface area contributed by atoms with Gasteiger partial charge in [0.25, 0.3) is 0 Å². The number of benzene rings is 1. The highest BCUT2D eigenvalue weighted by molar-refractivity contribution is 9.10. The largest absolute Gasteiger partial charge is 0.497 e. The zero-order chi connectivity index (χ0) is 13.8. The number of carbonyl (C=O) groups is 1. The molecule has 4 heteroatoms. The topological polar surface area (TPSA) is 38.3 Å². The highest BCUT2D eigenvalue weighted by Crippen LogP contribution is 2.49. The molecule has 0 heterocycles. The highest BCUT2D eigenvalue weighted by atomic mass is 79.9. The maximum Gasteiger partial charge on any atom is 0.219 e. The number of hydrogen-bond donors (Lipinski definition) is 1.